The molecule has 118 valence electrons. The number of rotatable bonds is 5. The van der Waals surface area contributed by atoms with Gasteiger partial charge in [0.2, 0.25) is 0 Å². The second-order valence-corrected chi connectivity index (χ2v) is 7.12. The molecule has 4 unspecified atom stereocenters. The minimum Gasteiger partial charge on any atom is -0.334 e. The minimum absolute atomic E-state index is 0.439. The number of nitrogens with one attached hydrogen (secondary N) is 1. The molecule has 2 fully saturated rings. The van der Waals surface area contributed by atoms with Crippen LogP contribution in [0.4, 0.5) is 0 Å². The molecule has 3 rings (SSSR count). The van der Waals surface area contributed by atoms with E-state index in [0.717, 1.165) is 24.3 Å². The van der Waals surface area contributed by atoms with Crippen molar-refractivity contribution in [2.45, 2.75) is 70.9 Å². The summed E-state index contributed by atoms with van der Waals surface area (Å²) in [5.74, 6) is 4.05. The average Bonchev–Trinajstić information content (AvgIpc) is 2.97. The Hall–Kier alpha value is -0.830. The van der Waals surface area contributed by atoms with Crippen LogP contribution in [0.3, 0.4) is 0 Å². The van der Waals surface area contributed by atoms with Crippen LogP contribution in [0.5, 0.6) is 0 Å². The van der Waals surface area contributed by atoms with E-state index in [0.29, 0.717) is 6.04 Å². The van der Waals surface area contributed by atoms with Gasteiger partial charge in [-0.3, -0.25) is 0 Å². The highest BCUT2D eigenvalue weighted by molar-refractivity contribution is 5.03. The number of nitrogens with zero attached hydrogens (tertiary/aromatic N) is 2. The molecule has 0 aliphatic heterocycles. The molecule has 0 aromatic carbocycles. The molecule has 1 N–H and O–H groups in total. The summed E-state index contributed by atoms with van der Waals surface area (Å²) in [6.45, 7) is 3.33. The van der Waals surface area contributed by atoms with Crippen molar-refractivity contribution in [3.05, 3.63) is 18.2 Å². The number of aryl methyl sites for hydroxylation is 1. The number of hydrogen-bond acceptors (Lipinski definition) is 2. The third-order valence-corrected chi connectivity index (χ3v) is 5.85. The average molecular weight is 289 g/mol. The predicted octanol–water partition coefficient (Wildman–Crippen LogP) is 4.16. The maximum atomic E-state index is 4.69. The number of aromatic nitrogens is 2. The molecular formula is C18H31N3. The molecule has 3 heteroatoms. The second-order valence-electron chi connectivity index (χ2n) is 7.12. The second kappa shape index (κ2) is 6.95. The monoisotopic (exact) mass is 289 g/mol. The first kappa shape index (κ1) is 15.1. The summed E-state index contributed by atoms with van der Waals surface area (Å²) in [6.07, 6.45) is 15.4. The van der Waals surface area contributed by atoms with Gasteiger partial charge in [0.15, 0.2) is 0 Å². The van der Waals surface area contributed by atoms with Crippen LogP contribution in [0, 0.1) is 17.8 Å². The normalized spacial score (nSPS) is 30.9. The SMILES string of the molecule is CCCn1ccnc1C(NC)C1CCC2CCCCC2C1. The zero-order valence-electron chi connectivity index (χ0n) is 13.7. The maximum Gasteiger partial charge on any atom is 0.126 e. The quantitative estimate of drug-likeness (QED) is 0.882. The summed E-state index contributed by atoms with van der Waals surface area (Å²) in [5, 5.41) is 3.59. The highest BCUT2D eigenvalue weighted by atomic mass is 15.1. The van der Waals surface area contributed by atoms with Crippen molar-refractivity contribution in [1.82, 2.24) is 14.9 Å². The Bertz CT molecular complexity index is 439. The molecule has 1 heterocycles. The molecule has 0 saturated heterocycles. The molecule has 1 aromatic rings. The van der Waals surface area contributed by atoms with Crippen molar-refractivity contribution >= 4 is 0 Å². The summed E-state index contributed by atoms with van der Waals surface area (Å²) in [7, 11) is 2.11. The van der Waals surface area contributed by atoms with Gasteiger partial charge < -0.3 is 9.88 Å². The van der Waals surface area contributed by atoms with E-state index in [2.05, 4.69) is 35.0 Å². The summed E-state index contributed by atoms with van der Waals surface area (Å²) in [6, 6.07) is 0.439. The Kier molecular flexibility index (Phi) is 4.99. The van der Waals surface area contributed by atoms with Crippen molar-refractivity contribution in [3.8, 4) is 0 Å². The summed E-state index contributed by atoms with van der Waals surface area (Å²) < 4.78 is 2.36. The fraction of sp³-hybridized carbons (Fsp3) is 0.833. The van der Waals surface area contributed by atoms with Crippen LogP contribution in [0.15, 0.2) is 12.4 Å². The standard InChI is InChI=1S/C18H31N3/c1-3-11-21-12-10-20-18(21)17(19-2)16-9-8-14-6-4-5-7-15(14)13-16/h10,12,14-17,19H,3-9,11,13H2,1-2H3. The number of fused-ring (bicyclic) bond motifs is 1. The van der Waals surface area contributed by atoms with Gasteiger partial charge in [-0.2, -0.15) is 0 Å². The zero-order chi connectivity index (χ0) is 14.7. The maximum absolute atomic E-state index is 4.69. The Morgan fingerprint density at radius 1 is 1.24 bits per heavy atom. The smallest absolute Gasteiger partial charge is 0.126 e. The van der Waals surface area contributed by atoms with Gasteiger partial charge in [-0.05, 0) is 50.5 Å². The Morgan fingerprint density at radius 3 is 2.81 bits per heavy atom. The topological polar surface area (TPSA) is 29.9 Å². The summed E-state index contributed by atoms with van der Waals surface area (Å²) in [5.41, 5.74) is 0. The molecule has 21 heavy (non-hydrogen) atoms. The fourth-order valence-corrected chi connectivity index (χ4v) is 4.82. The highest BCUT2D eigenvalue weighted by Crippen LogP contribution is 2.45. The van der Waals surface area contributed by atoms with E-state index >= 15 is 0 Å². The van der Waals surface area contributed by atoms with Crippen molar-refractivity contribution in [3.63, 3.8) is 0 Å². The third-order valence-electron chi connectivity index (χ3n) is 5.85. The van der Waals surface area contributed by atoms with Crippen LogP contribution in [0.2, 0.25) is 0 Å². The van der Waals surface area contributed by atoms with Gasteiger partial charge in [-0.15, -0.1) is 0 Å². The van der Waals surface area contributed by atoms with E-state index in [1.165, 1.54) is 57.2 Å². The van der Waals surface area contributed by atoms with E-state index in [1.807, 2.05) is 6.20 Å². The number of imidazole rings is 1. The lowest BCUT2D eigenvalue weighted by Crippen LogP contribution is -2.35. The van der Waals surface area contributed by atoms with E-state index in [4.69, 9.17) is 0 Å². The lowest BCUT2D eigenvalue weighted by Gasteiger charge is -2.41. The van der Waals surface area contributed by atoms with Crippen LogP contribution in [-0.4, -0.2) is 16.6 Å². The molecule has 0 radical (unpaired) electrons. The van der Waals surface area contributed by atoms with E-state index in [9.17, 15) is 0 Å². The van der Waals surface area contributed by atoms with Gasteiger partial charge >= 0.3 is 0 Å². The van der Waals surface area contributed by atoms with Crippen LogP contribution < -0.4 is 5.32 Å². The molecule has 2 aliphatic carbocycles. The van der Waals surface area contributed by atoms with Crippen molar-refractivity contribution in [1.29, 1.82) is 0 Å². The van der Waals surface area contributed by atoms with Crippen molar-refractivity contribution in [2.24, 2.45) is 17.8 Å². The molecule has 2 saturated carbocycles. The molecule has 0 amide bonds. The number of hydrogen-bond donors (Lipinski definition) is 1. The minimum atomic E-state index is 0.439. The van der Waals surface area contributed by atoms with E-state index in [1.54, 1.807) is 0 Å². The zero-order valence-corrected chi connectivity index (χ0v) is 13.7. The van der Waals surface area contributed by atoms with E-state index in [-0.39, 0.29) is 0 Å². The van der Waals surface area contributed by atoms with Crippen LogP contribution >= 0.6 is 0 Å². The highest BCUT2D eigenvalue weighted by Gasteiger charge is 2.36. The Labute approximate surface area is 129 Å². The molecule has 3 nitrogen and oxygen atoms in total. The predicted molar refractivity (Wildman–Crippen MR) is 87.1 cm³/mol. The van der Waals surface area contributed by atoms with Gasteiger partial charge in [0.1, 0.15) is 5.82 Å². The first-order chi connectivity index (χ1) is 10.3. The summed E-state index contributed by atoms with van der Waals surface area (Å²) in [4.78, 5) is 4.69. The van der Waals surface area contributed by atoms with Gasteiger partial charge in [-0.1, -0.05) is 32.6 Å². The molecule has 0 spiro atoms. The molecular weight excluding hydrogens is 258 g/mol. The van der Waals surface area contributed by atoms with Gasteiger partial charge in [-0.25, -0.2) is 4.98 Å². The lowest BCUT2D eigenvalue weighted by molar-refractivity contribution is 0.108. The lowest BCUT2D eigenvalue weighted by atomic mass is 9.66. The fourth-order valence-electron chi connectivity index (χ4n) is 4.82. The van der Waals surface area contributed by atoms with Crippen molar-refractivity contribution in [2.75, 3.05) is 7.05 Å². The molecule has 1 aromatic heterocycles. The first-order valence-electron chi connectivity index (χ1n) is 9.01. The van der Waals surface area contributed by atoms with Gasteiger partial charge in [0, 0.05) is 18.9 Å². The van der Waals surface area contributed by atoms with E-state index < -0.39 is 0 Å². The summed E-state index contributed by atoms with van der Waals surface area (Å²) >= 11 is 0. The molecule has 0 bridgehead atoms. The van der Waals surface area contributed by atoms with Crippen LogP contribution in [0.25, 0.3) is 0 Å². The Balaban J connectivity index is 1.72. The Morgan fingerprint density at radius 2 is 2.05 bits per heavy atom. The third kappa shape index (κ3) is 3.18. The van der Waals surface area contributed by atoms with Crippen LogP contribution in [-0.2, 0) is 6.54 Å². The first-order valence-corrected chi connectivity index (χ1v) is 9.01. The van der Waals surface area contributed by atoms with Gasteiger partial charge in [0.05, 0.1) is 6.04 Å². The van der Waals surface area contributed by atoms with Crippen molar-refractivity contribution < 1.29 is 0 Å². The molecule has 4 atom stereocenters. The van der Waals surface area contributed by atoms with Gasteiger partial charge in [0.25, 0.3) is 0 Å². The largest absolute Gasteiger partial charge is 0.334 e. The van der Waals surface area contributed by atoms with Crippen LogP contribution in [0.1, 0.15) is 70.2 Å². The molecule has 2 aliphatic rings.